The quantitative estimate of drug-likeness (QED) is 0.542. The molecule has 5 heteroatoms. The largest absolute Gasteiger partial charge is 0.306 e. The maximum Gasteiger partial charge on any atom is 0.299 e. The molecule has 0 saturated heterocycles. The number of carbonyl (C=O) groups excluding carboxylic acids is 2. The number of fused-ring (bicyclic) bond motifs is 1. The van der Waals surface area contributed by atoms with Gasteiger partial charge in [-0.25, -0.2) is 0 Å². The van der Waals surface area contributed by atoms with Gasteiger partial charge in [0.05, 0.1) is 11.3 Å². The summed E-state index contributed by atoms with van der Waals surface area (Å²) in [5.74, 6) is -1.05. The van der Waals surface area contributed by atoms with E-state index in [1.807, 2.05) is 49.4 Å². The predicted molar refractivity (Wildman–Crippen MR) is 99.0 cm³/mol. The number of aromatic nitrogens is 2. The molecule has 0 radical (unpaired) electrons. The number of hydrogen-bond donors (Lipinski definition) is 0. The molecule has 0 N–H and O–H groups in total. The number of likely N-dealkylation sites (N-methyl/N-ethyl adjacent to an activating group) is 1. The first-order chi connectivity index (χ1) is 11.9. The lowest BCUT2D eigenvalue weighted by atomic mass is 10.1. The minimum Gasteiger partial charge on any atom is -0.306 e. The number of carbonyl (C=O) groups is 2. The summed E-state index contributed by atoms with van der Waals surface area (Å²) < 4.78 is 1.63. The number of hydrogen-bond acceptors (Lipinski definition) is 3. The minimum absolute atomic E-state index is 0.395. The van der Waals surface area contributed by atoms with Gasteiger partial charge in [-0.2, -0.15) is 5.10 Å². The number of amides is 1. The van der Waals surface area contributed by atoms with Crippen LogP contribution in [0.3, 0.4) is 0 Å². The monoisotopic (exact) mass is 335 g/mol. The van der Waals surface area contributed by atoms with E-state index in [0.717, 1.165) is 16.5 Å². The number of aryl methyl sites for hydroxylation is 2. The first-order valence-electron chi connectivity index (χ1n) is 8.29. The first-order valence-corrected chi connectivity index (χ1v) is 8.29. The molecule has 0 aliphatic heterocycles. The summed E-state index contributed by atoms with van der Waals surface area (Å²) >= 11 is 0. The normalized spacial score (nSPS) is 10.9. The number of benzene rings is 2. The molecule has 0 bridgehead atoms. The maximum atomic E-state index is 12.9. The molecule has 0 unspecified atom stereocenters. The van der Waals surface area contributed by atoms with E-state index in [2.05, 4.69) is 5.10 Å². The Morgan fingerprint density at radius 3 is 2.36 bits per heavy atom. The van der Waals surface area contributed by atoms with Crippen molar-refractivity contribution in [3.8, 4) is 0 Å². The average molecular weight is 335 g/mol. The summed E-state index contributed by atoms with van der Waals surface area (Å²) in [4.78, 5) is 27.2. The van der Waals surface area contributed by atoms with E-state index in [-0.39, 0.29) is 0 Å². The molecule has 0 saturated carbocycles. The Labute approximate surface area is 146 Å². The van der Waals surface area contributed by atoms with Gasteiger partial charge in [-0.05, 0) is 43.7 Å². The Balaban J connectivity index is 1.98. The van der Waals surface area contributed by atoms with Crippen molar-refractivity contribution in [2.75, 3.05) is 11.4 Å². The molecule has 1 amide bonds. The van der Waals surface area contributed by atoms with Crippen LogP contribution in [0.25, 0.3) is 10.8 Å². The fraction of sp³-hybridized carbons (Fsp3) is 0.250. The third kappa shape index (κ3) is 2.93. The molecule has 25 heavy (non-hydrogen) atoms. The molecule has 1 aromatic heterocycles. The van der Waals surface area contributed by atoms with Gasteiger partial charge >= 0.3 is 0 Å². The van der Waals surface area contributed by atoms with Crippen molar-refractivity contribution in [3.05, 3.63) is 59.4 Å². The van der Waals surface area contributed by atoms with E-state index < -0.39 is 11.7 Å². The average Bonchev–Trinajstić information content (AvgIpc) is 2.87. The second-order valence-electron chi connectivity index (χ2n) is 6.08. The molecule has 0 aliphatic rings. The van der Waals surface area contributed by atoms with E-state index in [9.17, 15) is 9.59 Å². The third-order valence-corrected chi connectivity index (χ3v) is 4.54. The zero-order chi connectivity index (χ0) is 18.1. The second-order valence-corrected chi connectivity index (χ2v) is 6.08. The lowest BCUT2D eigenvalue weighted by Gasteiger charge is -2.21. The van der Waals surface area contributed by atoms with Crippen LogP contribution in [0.5, 0.6) is 0 Å². The van der Waals surface area contributed by atoms with Gasteiger partial charge in [0.15, 0.2) is 0 Å². The number of ketones is 1. The van der Waals surface area contributed by atoms with Gasteiger partial charge in [0, 0.05) is 25.0 Å². The van der Waals surface area contributed by atoms with Gasteiger partial charge in [-0.15, -0.1) is 0 Å². The van der Waals surface area contributed by atoms with Crippen molar-refractivity contribution in [2.45, 2.75) is 20.8 Å². The second kappa shape index (κ2) is 6.51. The number of nitrogens with zero attached hydrogens (tertiary/aromatic N) is 3. The molecular formula is C20H21N3O2. The van der Waals surface area contributed by atoms with Gasteiger partial charge in [-0.3, -0.25) is 14.3 Å². The van der Waals surface area contributed by atoms with Crippen LogP contribution in [0.4, 0.5) is 5.69 Å². The van der Waals surface area contributed by atoms with E-state index in [4.69, 9.17) is 0 Å². The maximum absolute atomic E-state index is 12.9. The number of rotatable bonds is 4. The van der Waals surface area contributed by atoms with E-state index in [0.29, 0.717) is 23.5 Å². The molecule has 5 nitrogen and oxygen atoms in total. The Hall–Kier alpha value is -2.95. The minimum atomic E-state index is -0.531. The Kier molecular flexibility index (Phi) is 4.40. The summed E-state index contributed by atoms with van der Waals surface area (Å²) in [5.41, 5.74) is 2.39. The van der Waals surface area contributed by atoms with Crippen LogP contribution in [0.15, 0.2) is 42.5 Å². The molecule has 0 spiro atoms. The van der Waals surface area contributed by atoms with Crippen molar-refractivity contribution in [2.24, 2.45) is 7.05 Å². The highest BCUT2D eigenvalue weighted by molar-refractivity contribution is 6.47. The summed E-state index contributed by atoms with van der Waals surface area (Å²) in [7, 11) is 1.77. The Morgan fingerprint density at radius 1 is 1.08 bits per heavy atom. The Bertz CT molecular complexity index is 972. The summed E-state index contributed by atoms with van der Waals surface area (Å²) in [5, 5.41) is 6.37. The highest BCUT2D eigenvalue weighted by Gasteiger charge is 2.28. The summed E-state index contributed by atoms with van der Waals surface area (Å²) in [6, 6.07) is 13.7. The van der Waals surface area contributed by atoms with Gasteiger partial charge in [0.2, 0.25) is 0 Å². The molecular weight excluding hydrogens is 314 g/mol. The van der Waals surface area contributed by atoms with Gasteiger partial charge in [0.25, 0.3) is 11.7 Å². The highest BCUT2D eigenvalue weighted by atomic mass is 16.2. The van der Waals surface area contributed by atoms with Crippen LogP contribution < -0.4 is 4.90 Å². The smallest absolute Gasteiger partial charge is 0.299 e. The van der Waals surface area contributed by atoms with E-state index in [1.54, 1.807) is 25.6 Å². The van der Waals surface area contributed by atoms with E-state index >= 15 is 0 Å². The van der Waals surface area contributed by atoms with Crippen molar-refractivity contribution < 1.29 is 9.59 Å². The fourth-order valence-corrected chi connectivity index (χ4v) is 3.12. The molecule has 0 fully saturated rings. The zero-order valence-corrected chi connectivity index (χ0v) is 14.9. The SMILES string of the molecule is CCN(C(=O)C(=O)c1c(C)nn(C)c1C)c1ccc2ccccc2c1. The molecule has 3 aromatic rings. The number of anilines is 1. The van der Waals surface area contributed by atoms with Crippen molar-refractivity contribution >= 4 is 28.2 Å². The van der Waals surface area contributed by atoms with Crippen LogP contribution in [-0.4, -0.2) is 28.0 Å². The Morgan fingerprint density at radius 2 is 1.76 bits per heavy atom. The van der Waals surface area contributed by atoms with E-state index in [1.165, 1.54) is 4.90 Å². The molecule has 3 rings (SSSR count). The van der Waals surface area contributed by atoms with Crippen molar-refractivity contribution in [1.29, 1.82) is 0 Å². The van der Waals surface area contributed by atoms with Crippen LogP contribution in [0, 0.1) is 13.8 Å². The molecule has 0 atom stereocenters. The lowest BCUT2D eigenvalue weighted by molar-refractivity contribution is -0.114. The van der Waals surface area contributed by atoms with Gasteiger partial charge < -0.3 is 4.90 Å². The summed E-state index contributed by atoms with van der Waals surface area (Å²) in [6.07, 6.45) is 0. The third-order valence-electron chi connectivity index (χ3n) is 4.54. The predicted octanol–water partition coefficient (Wildman–Crippen LogP) is 3.43. The van der Waals surface area contributed by atoms with Gasteiger partial charge in [-0.1, -0.05) is 30.3 Å². The van der Waals surface area contributed by atoms with Crippen LogP contribution >= 0.6 is 0 Å². The number of Topliss-reactive ketones (excluding diaryl/α,β-unsaturated/α-hetero) is 1. The molecule has 0 aliphatic carbocycles. The molecule has 2 aromatic carbocycles. The molecule has 128 valence electrons. The highest BCUT2D eigenvalue weighted by Crippen LogP contribution is 2.23. The fourth-order valence-electron chi connectivity index (χ4n) is 3.12. The lowest BCUT2D eigenvalue weighted by Crippen LogP contribution is -2.37. The zero-order valence-electron chi connectivity index (χ0n) is 14.9. The van der Waals surface area contributed by atoms with Crippen LogP contribution in [0.2, 0.25) is 0 Å². The van der Waals surface area contributed by atoms with Crippen LogP contribution in [-0.2, 0) is 11.8 Å². The topological polar surface area (TPSA) is 55.2 Å². The van der Waals surface area contributed by atoms with Crippen molar-refractivity contribution in [1.82, 2.24) is 9.78 Å². The van der Waals surface area contributed by atoms with Crippen molar-refractivity contribution in [3.63, 3.8) is 0 Å². The summed E-state index contributed by atoms with van der Waals surface area (Å²) in [6.45, 7) is 5.83. The van der Waals surface area contributed by atoms with Crippen LogP contribution in [0.1, 0.15) is 28.7 Å². The standard InChI is InChI=1S/C20H21N3O2/c1-5-23(17-11-10-15-8-6-7-9-16(15)12-17)20(25)19(24)18-13(2)21-22(4)14(18)3/h6-12H,5H2,1-4H3. The first kappa shape index (κ1) is 16.9. The van der Waals surface area contributed by atoms with Gasteiger partial charge in [0.1, 0.15) is 0 Å². The molecule has 1 heterocycles.